The highest BCUT2D eigenvalue weighted by atomic mass is 19.1. The number of amides is 1. The van der Waals surface area contributed by atoms with Crippen LogP contribution in [0.4, 0.5) is 4.39 Å². The van der Waals surface area contributed by atoms with E-state index in [4.69, 9.17) is 4.79 Å². The van der Waals surface area contributed by atoms with Crippen LogP contribution in [0.15, 0.2) is 18.2 Å². The van der Waals surface area contributed by atoms with E-state index in [2.05, 4.69) is 26.5 Å². The summed E-state index contributed by atoms with van der Waals surface area (Å²) in [4.78, 5) is 8.58. The molecule has 1 rings (SSSR count). The summed E-state index contributed by atoms with van der Waals surface area (Å²) < 4.78 is 12.8. The van der Waals surface area contributed by atoms with E-state index in [1.807, 2.05) is 33.8 Å². The SMILES string of the molecule is CC.CCCC(C)CCC.CCc1cc(C)ccc1F.NC=O. The molecule has 0 bridgehead atoms. The highest BCUT2D eigenvalue weighted by molar-refractivity contribution is 5.42. The molecule has 2 N–H and O–H groups in total. The first-order valence-corrected chi connectivity index (χ1v) is 8.86. The van der Waals surface area contributed by atoms with Gasteiger partial charge in [0.2, 0.25) is 6.41 Å². The number of nitrogens with two attached hydrogens (primary N) is 1. The topological polar surface area (TPSA) is 43.1 Å². The second-order valence-corrected chi connectivity index (χ2v) is 5.27. The maximum absolute atomic E-state index is 12.8. The fraction of sp³-hybridized carbons (Fsp3) is 0.650. The predicted octanol–water partition coefficient (Wildman–Crippen LogP) is 6.05. The lowest BCUT2D eigenvalue weighted by Crippen LogP contribution is -1.91. The van der Waals surface area contributed by atoms with Gasteiger partial charge in [-0.3, -0.25) is 4.79 Å². The highest BCUT2D eigenvalue weighted by Gasteiger charge is 1.97. The van der Waals surface area contributed by atoms with Crippen molar-refractivity contribution in [3.63, 3.8) is 0 Å². The fourth-order valence-electron chi connectivity index (χ4n) is 2.10. The number of carbonyl (C=O) groups excluding carboxylic acids is 1. The van der Waals surface area contributed by atoms with Crippen molar-refractivity contribution in [3.05, 3.63) is 35.1 Å². The van der Waals surface area contributed by atoms with Crippen molar-refractivity contribution in [2.75, 3.05) is 0 Å². The molecule has 3 heteroatoms. The van der Waals surface area contributed by atoms with E-state index in [1.165, 1.54) is 31.7 Å². The normalized spacial score (nSPS) is 8.74. The van der Waals surface area contributed by atoms with E-state index in [-0.39, 0.29) is 12.2 Å². The minimum absolute atomic E-state index is 0.0897. The van der Waals surface area contributed by atoms with Crippen LogP contribution in [0.3, 0.4) is 0 Å². The van der Waals surface area contributed by atoms with Gasteiger partial charge in [0.15, 0.2) is 0 Å². The quantitative estimate of drug-likeness (QED) is 0.657. The number of hydrogen-bond acceptors (Lipinski definition) is 1. The Bertz CT molecular complexity index is 361. The Morgan fingerprint density at radius 2 is 1.57 bits per heavy atom. The molecule has 0 fully saturated rings. The summed E-state index contributed by atoms with van der Waals surface area (Å²) >= 11 is 0. The molecule has 0 unspecified atom stereocenters. The Kier molecular flexibility index (Phi) is 23.8. The third-order valence-corrected chi connectivity index (χ3v) is 3.15. The standard InChI is InChI=1S/C9H11F.C8H18.C2H6.CH3NO/c1-3-8-6-7(2)4-5-9(8)10;1-4-6-8(3)7-5-2;1-2;2-1-3/h4-6H,3H2,1-2H3;8H,4-7H2,1-3H3;1-2H3;1H,(H2,2,3). The van der Waals surface area contributed by atoms with Gasteiger partial charge >= 0.3 is 0 Å². The first-order valence-electron chi connectivity index (χ1n) is 8.86. The minimum Gasteiger partial charge on any atom is -0.372 e. The monoisotopic (exact) mass is 327 g/mol. The van der Waals surface area contributed by atoms with Crippen molar-refractivity contribution in [2.24, 2.45) is 11.7 Å². The average Bonchev–Trinajstić information content (AvgIpc) is 2.53. The third-order valence-electron chi connectivity index (χ3n) is 3.15. The van der Waals surface area contributed by atoms with Crippen LogP contribution in [0.1, 0.15) is 78.4 Å². The van der Waals surface area contributed by atoms with E-state index in [9.17, 15) is 4.39 Å². The zero-order chi connectivity index (χ0) is 18.7. The average molecular weight is 328 g/mol. The van der Waals surface area contributed by atoms with Gasteiger partial charge in [0.25, 0.3) is 0 Å². The van der Waals surface area contributed by atoms with Crippen LogP contribution in [0.5, 0.6) is 0 Å². The molecule has 0 atom stereocenters. The second-order valence-electron chi connectivity index (χ2n) is 5.27. The van der Waals surface area contributed by atoms with Gasteiger partial charge in [-0.05, 0) is 30.9 Å². The number of rotatable bonds is 5. The molecule has 0 heterocycles. The van der Waals surface area contributed by atoms with Gasteiger partial charge in [0.05, 0.1) is 0 Å². The van der Waals surface area contributed by atoms with Crippen LogP contribution >= 0.6 is 0 Å². The maximum Gasteiger partial charge on any atom is 0.204 e. The van der Waals surface area contributed by atoms with E-state index in [1.54, 1.807) is 6.07 Å². The van der Waals surface area contributed by atoms with Gasteiger partial charge in [-0.2, -0.15) is 0 Å². The molecule has 0 saturated heterocycles. The molecule has 1 aromatic carbocycles. The summed E-state index contributed by atoms with van der Waals surface area (Å²) in [6, 6.07) is 5.19. The van der Waals surface area contributed by atoms with Crippen molar-refractivity contribution < 1.29 is 9.18 Å². The molecule has 23 heavy (non-hydrogen) atoms. The van der Waals surface area contributed by atoms with E-state index in [0.29, 0.717) is 0 Å². The van der Waals surface area contributed by atoms with Crippen molar-refractivity contribution in [1.29, 1.82) is 0 Å². The molecule has 0 aliphatic rings. The number of primary amides is 1. The fourth-order valence-corrected chi connectivity index (χ4v) is 2.10. The molecular weight excluding hydrogens is 289 g/mol. The summed E-state index contributed by atoms with van der Waals surface area (Å²) in [5, 5.41) is 0. The molecule has 0 aliphatic carbocycles. The number of carbonyl (C=O) groups is 1. The molecule has 0 aromatic heterocycles. The molecule has 0 spiro atoms. The summed E-state index contributed by atoms with van der Waals surface area (Å²) in [5.41, 5.74) is 6.10. The molecule has 1 amide bonds. The third kappa shape index (κ3) is 18.6. The lowest BCUT2D eigenvalue weighted by molar-refractivity contribution is -0.106. The lowest BCUT2D eigenvalue weighted by Gasteiger charge is -2.05. The Morgan fingerprint density at radius 3 is 1.87 bits per heavy atom. The minimum atomic E-state index is -0.0897. The number of halogens is 1. The summed E-state index contributed by atoms with van der Waals surface area (Å²) in [7, 11) is 0. The Hall–Kier alpha value is -1.38. The van der Waals surface area contributed by atoms with E-state index >= 15 is 0 Å². The molecule has 2 nitrogen and oxygen atoms in total. The van der Waals surface area contributed by atoms with Crippen LogP contribution in [-0.2, 0) is 11.2 Å². The van der Waals surface area contributed by atoms with E-state index in [0.717, 1.165) is 23.5 Å². The van der Waals surface area contributed by atoms with Gasteiger partial charge in [0.1, 0.15) is 5.82 Å². The van der Waals surface area contributed by atoms with Crippen LogP contribution in [-0.4, -0.2) is 6.41 Å². The van der Waals surface area contributed by atoms with Gasteiger partial charge in [-0.25, -0.2) is 4.39 Å². The number of hydrogen-bond donors (Lipinski definition) is 1. The number of benzene rings is 1. The van der Waals surface area contributed by atoms with Crippen molar-refractivity contribution in [1.82, 2.24) is 0 Å². The van der Waals surface area contributed by atoms with Gasteiger partial charge in [-0.1, -0.05) is 84.9 Å². The molecule has 136 valence electrons. The molecule has 0 radical (unpaired) electrons. The highest BCUT2D eigenvalue weighted by Crippen LogP contribution is 2.11. The summed E-state index contributed by atoms with van der Waals surface area (Å²) in [6.45, 7) is 14.8. The molecule has 0 aliphatic heterocycles. The first kappa shape index (κ1) is 26.5. The van der Waals surface area contributed by atoms with Crippen LogP contribution in [0.25, 0.3) is 0 Å². The van der Waals surface area contributed by atoms with Crippen LogP contribution < -0.4 is 5.73 Å². The Labute approximate surface area is 143 Å². The van der Waals surface area contributed by atoms with Gasteiger partial charge < -0.3 is 5.73 Å². The van der Waals surface area contributed by atoms with Crippen molar-refractivity contribution in [2.45, 2.75) is 80.6 Å². The van der Waals surface area contributed by atoms with Crippen molar-refractivity contribution >= 4 is 6.41 Å². The molecule has 0 saturated carbocycles. The van der Waals surface area contributed by atoms with Crippen LogP contribution in [0.2, 0.25) is 0 Å². The Morgan fingerprint density at radius 1 is 1.13 bits per heavy atom. The largest absolute Gasteiger partial charge is 0.372 e. The second kappa shape index (κ2) is 20.6. The molecular formula is C20H38FNO. The predicted molar refractivity (Wildman–Crippen MR) is 101 cm³/mol. The maximum atomic E-state index is 12.8. The van der Waals surface area contributed by atoms with Crippen LogP contribution in [0, 0.1) is 18.7 Å². The molecule has 1 aromatic rings. The lowest BCUT2D eigenvalue weighted by atomic mass is 10.0. The van der Waals surface area contributed by atoms with Gasteiger partial charge in [0, 0.05) is 0 Å². The summed E-state index contributed by atoms with van der Waals surface area (Å²) in [6.07, 6.45) is 6.54. The van der Waals surface area contributed by atoms with Gasteiger partial charge in [-0.15, -0.1) is 0 Å². The Balaban J connectivity index is -0.000000277. The smallest absolute Gasteiger partial charge is 0.204 e. The zero-order valence-electron chi connectivity index (χ0n) is 16.3. The van der Waals surface area contributed by atoms with E-state index < -0.39 is 0 Å². The summed E-state index contributed by atoms with van der Waals surface area (Å²) in [5.74, 6) is 0.873. The first-order chi connectivity index (χ1) is 11.0. The zero-order valence-corrected chi connectivity index (χ0v) is 16.3. The van der Waals surface area contributed by atoms with Crippen molar-refractivity contribution in [3.8, 4) is 0 Å². The number of aryl methyl sites for hydroxylation is 2.